The van der Waals surface area contributed by atoms with Crippen molar-refractivity contribution in [3.05, 3.63) is 83.9 Å². The molecule has 6 atom stereocenters. The van der Waals surface area contributed by atoms with Gasteiger partial charge in [-0.05, 0) is 30.7 Å². The van der Waals surface area contributed by atoms with E-state index in [1.807, 2.05) is 55.5 Å². The number of carbonyl (C=O) groups is 3. The summed E-state index contributed by atoms with van der Waals surface area (Å²) in [7, 11) is 0. The van der Waals surface area contributed by atoms with E-state index in [1.165, 1.54) is 4.90 Å². The number of amides is 3. The van der Waals surface area contributed by atoms with Gasteiger partial charge in [-0.25, -0.2) is 0 Å². The van der Waals surface area contributed by atoms with E-state index >= 15 is 0 Å². The number of anilines is 2. The Hall–Kier alpha value is -3.46. The lowest BCUT2D eigenvalue weighted by atomic mass is 9.77. The molecule has 2 aromatic carbocycles. The number of rotatable bonds is 5. The summed E-state index contributed by atoms with van der Waals surface area (Å²) in [6.07, 6.45) is 7.09. The van der Waals surface area contributed by atoms with Crippen LogP contribution in [0.5, 0.6) is 0 Å². The van der Waals surface area contributed by atoms with Crippen LogP contribution in [-0.4, -0.2) is 71.2 Å². The molecule has 1 spiro atoms. The number of fused-ring (bicyclic) bond motifs is 2. The van der Waals surface area contributed by atoms with E-state index in [1.54, 1.807) is 40.1 Å². The van der Waals surface area contributed by atoms with Gasteiger partial charge in [0, 0.05) is 18.8 Å². The first-order valence-electron chi connectivity index (χ1n) is 13.3. The van der Waals surface area contributed by atoms with Crippen LogP contribution in [0.4, 0.5) is 11.4 Å². The molecule has 4 aliphatic heterocycles. The van der Waals surface area contributed by atoms with Gasteiger partial charge in [-0.15, -0.1) is 0 Å². The van der Waals surface area contributed by atoms with Gasteiger partial charge in [-0.1, -0.05) is 73.2 Å². The van der Waals surface area contributed by atoms with E-state index < -0.39 is 35.6 Å². The van der Waals surface area contributed by atoms with Crippen LogP contribution in [0.25, 0.3) is 0 Å². The number of nitrogens with zero attached hydrogens (tertiary/aromatic N) is 3. The van der Waals surface area contributed by atoms with E-state index in [9.17, 15) is 19.5 Å². The minimum Gasteiger partial charge on any atom is -0.394 e. The molecule has 0 aromatic heterocycles. The van der Waals surface area contributed by atoms with Crippen molar-refractivity contribution < 1.29 is 24.2 Å². The molecule has 2 saturated heterocycles. The third-order valence-electron chi connectivity index (χ3n) is 8.38. The molecule has 1 unspecified atom stereocenters. The Morgan fingerprint density at radius 2 is 1.69 bits per heavy atom. The Kier molecular flexibility index (Phi) is 6.57. The van der Waals surface area contributed by atoms with Crippen LogP contribution in [0, 0.1) is 11.8 Å². The molecule has 3 amide bonds. The topological polar surface area (TPSA) is 90.4 Å². The normalized spacial score (nSPS) is 30.6. The first-order valence-corrected chi connectivity index (χ1v) is 13.7. The average Bonchev–Trinajstić information content (AvgIpc) is 3.26. The number of halogens is 1. The van der Waals surface area contributed by atoms with Gasteiger partial charge in [0.05, 0.1) is 41.3 Å². The highest BCUT2D eigenvalue weighted by Gasteiger charge is 2.72. The number of para-hydroxylation sites is 2. The maximum absolute atomic E-state index is 14.4. The molecule has 202 valence electrons. The number of aliphatic hydroxyl groups excluding tert-OH is 1. The summed E-state index contributed by atoms with van der Waals surface area (Å²) in [4.78, 5) is 47.6. The number of carbonyl (C=O) groups excluding carboxylic acids is 3. The molecule has 4 heterocycles. The van der Waals surface area contributed by atoms with E-state index in [0.717, 1.165) is 5.69 Å². The summed E-state index contributed by atoms with van der Waals surface area (Å²) in [6, 6.07) is 14.7. The van der Waals surface area contributed by atoms with Gasteiger partial charge in [0.1, 0.15) is 11.6 Å². The fourth-order valence-electron chi connectivity index (χ4n) is 6.61. The van der Waals surface area contributed by atoms with Crippen molar-refractivity contribution in [1.29, 1.82) is 0 Å². The van der Waals surface area contributed by atoms with Crippen LogP contribution in [0.15, 0.2) is 78.9 Å². The Labute approximate surface area is 232 Å². The molecular formula is C30H30ClN3O5. The lowest BCUT2D eigenvalue weighted by Crippen LogP contribution is -2.58. The number of hydrogen-bond acceptors (Lipinski definition) is 5. The number of aliphatic hydroxyl groups is 1. The summed E-state index contributed by atoms with van der Waals surface area (Å²) in [5, 5.41) is 10.7. The highest BCUT2D eigenvalue weighted by molar-refractivity contribution is 6.34. The molecule has 8 nitrogen and oxygen atoms in total. The van der Waals surface area contributed by atoms with Crippen LogP contribution < -0.4 is 9.80 Å². The smallest absolute Gasteiger partial charge is 0.253 e. The minimum atomic E-state index is -1.37. The fraction of sp³-hybridized carbons (Fsp3) is 0.367. The third-order valence-corrected chi connectivity index (χ3v) is 8.70. The first-order chi connectivity index (χ1) is 18.9. The second-order valence-corrected chi connectivity index (χ2v) is 10.8. The van der Waals surface area contributed by atoms with Gasteiger partial charge in [0.2, 0.25) is 11.8 Å². The van der Waals surface area contributed by atoms with Crippen molar-refractivity contribution in [1.82, 2.24) is 4.90 Å². The van der Waals surface area contributed by atoms with E-state index in [4.69, 9.17) is 16.3 Å². The molecule has 0 bridgehead atoms. The van der Waals surface area contributed by atoms with Crippen molar-refractivity contribution in [2.45, 2.75) is 37.1 Å². The van der Waals surface area contributed by atoms with Crippen molar-refractivity contribution in [2.75, 3.05) is 29.5 Å². The second-order valence-electron chi connectivity index (χ2n) is 10.3. The van der Waals surface area contributed by atoms with Gasteiger partial charge in [-0.3, -0.25) is 14.4 Å². The zero-order valence-electron chi connectivity index (χ0n) is 21.5. The minimum absolute atomic E-state index is 0.225. The monoisotopic (exact) mass is 547 g/mol. The Morgan fingerprint density at radius 1 is 0.974 bits per heavy atom. The maximum atomic E-state index is 14.4. The molecule has 0 aliphatic carbocycles. The number of benzene rings is 2. The summed E-state index contributed by atoms with van der Waals surface area (Å²) in [5.41, 5.74) is -0.120. The molecule has 0 saturated carbocycles. The Balaban J connectivity index is 1.48. The van der Waals surface area contributed by atoms with Gasteiger partial charge < -0.3 is 24.5 Å². The van der Waals surface area contributed by atoms with Crippen LogP contribution in [0.2, 0.25) is 5.02 Å². The molecule has 2 aromatic rings. The number of hydrogen-bond donors (Lipinski definition) is 1. The molecule has 2 fully saturated rings. The SMILES string of the molecule is CC[C@@H](CO)N1C(=O)[C@@H]2[C@@H]3C(=O)N(c4ccccc4)CC=C[C@@H]3O[C@@]23C=CCN(c2ccccc2Cl)C(=O)C13. The summed E-state index contributed by atoms with van der Waals surface area (Å²) in [5.74, 6) is -2.70. The van der Waals surface area contributed by atoms with Crippen LogP contribution in [0.3, 0.4) is 0 Å². The Morgan fingerprint density at radius 3 is 2.41 bits per heavy atom. The average molecular weight is 548 g/mol. The van der Waals surface area contributed by atoms with E-state index in [0.29, 0.717) is 23.7 Å². The summed E-state index contributed by atoms with van der Waals surface area (Å²) < 4.78 is 6.67. The maximum Gasteiger partial charge on any atom is 0.253 e. The van der Waals surface area contributed by atoms with E-state index in [-0.39, 0.29) is 30.9 Å². The second kappa shape index (κ2) is 9.93. The zero-order valence-corrected chi connectivity index (χ0v) is 22.3. The van der Waals surface area contributed by atoms with Crippen LogP contribution in [-0.2, 0) is 19.1 Å². The van der Waals surface area contributed by atoms with Crippen molar-refractivity contribution in [2.24, 2.45) is 11.8 Å². The quantitative estimate of drug-likeness (QED) is 0.581. The predicted molar refractivity (Wildman–Crippen MR) is 147 cm³/mol. The van der Waals surface area contributed by atoms with Crippen molar-refractivity contribution in [3.8, 4) is 0 Å². The molecule has 9 heteroatoms. The molecule has 6 rings (SSSR count). The van der Waals surface area contributed by atoms with Crippen LogP contribution >= 0.6 is 11.6 Å². The van der Waals surface area contributed by atoms with Crippen molar-refractivity contribution in [3.63, 3.8) is 0 Å². The third kappa shape index (κ3) is 3.84. The summed E-state index contributed by atoms with van der Waals surface area (Å²) >= 11 is 6.49. The predicted octanol–water partition coefficient (Wildman–Crippen LogP) is 3.20. The highest BCUT2D eigenvalue weighted by atomic mass is 35.5. The standard InChI is InChI=1S/C30H30ClN3O5/c1-2-19(18-35)34-26-29(38)33(22-13-7-6-12-21(22)31)17-9-15-30(26)25(28(34)37)24-23(39-30)14-8-16-32(27(24)36)20-10-4-3-5-11-20/h3-15,19,23-26,35H,2,16-18H2,1H3/t19-,23-,24+,25-,26?,30-/m0/s1. The number of likely N-dealkylation sites (tertiary alicyclic amines) is 1. The van der Waals surface area contributed by atoms with Gasteiger partial charge in [-0.2, -0.15) is 0 Å². The zero-order chi connectivity index (χ0) is 27.3. The van der Waals surface area contributed by atoms with Crippen molar-refractivity contribution >= 4 is 40.7 Å². The largest absolute Gasteiger partial charge is 0.394 e. The summed E-state index contributed by atoms with van der Waals surface area (Å²) in [6.45, 7) is 2.12. The molecular weight excluding hydrogens is 518 g/mol. The van der Waals surface area contributed by atoms with Crippen LogP contribution in [0.1, 0.15) is 13.3 Å². The number of ether oxygens (including phenoxy) is 1. The molecule has 4 aliphatic rings. The first kappa shape index (κ1) is 25.8. The lowest BCUT2D eigenvalue weighted by molar-refractivity contribution is -0.144. The highest BCUT2D eigenvalue weighted by Crippen LogP contribution is 2.54. The van der Waals surface area contributed by atoms with Gasteiger partial charge in [0.15, 0.2) is 0 Å². The fourth-order valence-corrected chi connectivity index (χ4v) is 6.85. The molecule has 1 N–H and O–H groups in total. The van der Waals surface area contributed by atoms with Gasteiger partial charge >= 0.3 is 0 Å². The van der Waals surface area contributed by atoms with E-state index in [2.05, 4.69) is 0 Å². The molecule has 0 radical (unpaired) electrons. The Bertz CT molecular complexity index is 1360. The lowest BCUT2D eigenvalue weighted by Gasteiger charge is -2.38. The van der Waals surface area contributed by atoms with Gasteiger partial charge in [0.25, 0.3) is 5.91 Å². The molecule has 39 heavy (non-hydrogen) atoms.